The first kappa shape index (κ1) is 15.3. The van der Waals surface area contributed by atoms with Gasteiger partial charge < -0.3 is 14.5 Å². The first-order chi connectivity index (χ1) is 11.1. The van der Waals surface area contributed by atoms with Gasteiger partial charge in [0.05, 0.1) is 19.7 Å². The summed E-state index contributed by atoms with van der Waals surface area (Å²) >= 11 is 1.51. The largest absolute Gasteiger partial charge is 0.369 e. The van der Waals surface area contributed by atoms with Crippen molar-refractivity contribution in [3.05, 3.63) is 5.51 Å². The number of carbonyl (C=O) groups is 1. The van der Waals surface area contributed by atoms with E-state index in [4.69, 9.17) is 4.74 Å². The molecule has 4 rings (SSSR count). The molecule has 1 spiro atoms. The number of aromatic nitrogens is 2. The molecule has 0 bridgehead atoms. The summed E-state index contributed by atoms with van der Waals surface area (Å²) in [5, 5.41) is 8.92. The molecule has 3 heterocycles. The summed E-state index contributed by atoms with van der Waals surface area (Å²) in [6, 6.07) is 0. The van der Waals surface area contributed by atoms with E-state index in [1.54, 1.807) is 10.4 Å². The highest BCUT2D eigenvalue weighted by Gasteiger charge is 2.50. The lowest BCUT2D eigenvalue weighted by atomic mass is 9.80. The quantitative estimate of drug-likeness (QED) is 0.819. The molecule has 2 saturated heterocycles. The molecule has 1 saturated carbocycles. The Morgan fingerprint density at radius 1 is 1.26 bits per heavy atom. The molecule has 0 aromatic carbocycles. The summed E-state index contributed by atoms with van der Waals surface area (Å²) in [5.74, 6) is -0.334. The van der Waals surface area contributed by atoms with Gasteiger partial charge >= 0.3 is 0 Å². The minimum Gasteiger partial charge on any atom is -0.369 e. The number of nitrogens with zero attached hydrogens (tertiary/aromatic N) is 4. The van der Waals surface area contributed by atoms with Crippen LogP contribution in [0, 0.1) is 0 Å². The molecule has 1 aromatic heterocycles. The van der Waals surface area contributed by atoms with Crippen LogP contribution in [0.25, 0.3) is 0 Å². The molecular weight excluding hydrogens is 319 g/mol. The number of carbonyl (C=O) groups excluding carboxylic acids is 1. The van der Waals surface area contributed by atoms with Crippen molar-refractivity contribution in [1.82, 2.24) is 15.1 Å². The van der Waals surface area contributed by atoms with Crippen LogP contribution >= 0.6 is 11.3 Å². The molecule has 126 valence electrons. The maximum absolute atomic E-state index is 14.5. The zero-order valence-electron chi connectivity index (χ0n) is 13.0. The monoisotopic (exact) mass is 340 g/mol. The maximum Gasteiger partial charge on any atom is 0.260 e. The van der Waals surface area contributed by atoms with E-state index in [1.807, 2.05) is 0 Å². The highest BCUT2D eigenvalue weighted by Crippen LogP contribution is 2.39. The highest BCUT2D eigenvalue weighted by molar-refractivity contribution is 7.13. The average molecular weight is 340 g/mol. The summed E-state index contributed by atoms with van der Waals surface area (Å²) < 4.78 is 20.6. The summed E-state index contributed by atoms with van der Waals surface area (Å²) in [7, 11) is 0. The third-order valence-electron chi connectivity index (χ3n) is 5.22. The third-order valence-corrected chi connectivity index (χ3v) is 5.97. The Morgan fingerprint density at radius 2 is 2.13 bits per heavy atom. The zero-order chi connectivity index (χ0) is 15.9. The molecule has 1 unspecified atom stereocenters. The first-order valence-corrected chi connectivity index (χ1v) is 9.12. The molecular formula is C15H21FN4O2S. The Labute approximate surface area is 138 Å². The molecule has 1 aliphatic carbocycles. The number of ether oxygens (including phenoxy) is 1. The van der Waals surface area contributed by atoms with Gasteiger partial charge in [0.15, 0.2) is 5.67 Å². The molecule has 6 nitrogen and oxygen atoms in total. The Balaban J connectivity index is 1.48. The van der Waals surface area contributed by atoms with Gasteiger partial charge in [0, 0.05) is 13.1 Å². The van der Waals surface area contributed by atoms with Crippen molar-refractivity contribution in [1.29, 1.82) is 0 Å². The number of hydrogen-bond donors (Lipinski definition) is 0. The van der Waals surface area contributed by atoms with Crippen LogP contribution in [0.15, 0.2) is 5.51 Å². The third kappa shape index (κ3) is 2.71. The van der Waals surface area contributed by atoms with E-state index in [1.165, 1.54) is 11.3 Å². The highest BCUT2D eigenvalue weighted by atomic mass is 32.1. The lowest BCUT2D eigenvalue weighted by molar-refractivity contribution is -0.168. The molecule has 0 N–H and O–H groups in total. The molecule has 3 aliphatic rings. The van der Waals surface area contributed by atoms with Gasteiger partial charge in [0.1, 0.15) is 11.1 Å². The smallest absolute Gasteiger partial charge is 0.260 e. The summed E-state index contributed by atoms with van der Waals surface area (Å²) in [4.78, 5) is 16.4. The van der Waals surface area contributed by atoms with Crippen molar-refractivity contribution in [2.75, 3.05) is 37.7 Å². The number of anilines is 1. The number of rotatable bonds is 2. The fourth-order valence-electron chi connectivity index (χ4n) is 3.82. The minimum absolute atomic E-state index is 0.334. The van der Waals surface area contributed by atoms with Crippen LogP contribution in [-0.4, -0.2) is 65.1 Å². The van der Waals surface area contributed by atoms with E-state index in [9.17, 15) is 9.18 Å². The topological polar surface area (TPSA) is 58.6 Å². The molecule has 1 aromatic rings. The second kappa shape index (κ2) is 5.66. The number of piperidine rings is 1. The van der Waals surface area contributed by atoms with Crippen LogP contribution in [0.1, 0.15) is 32.1 Å². The Kier molecular flexibility index (Phi) is 3.76. The van der Waals surface area contributed by atoms with Crippen molar-refractivity contribution in [3.8, 4) is 0 Å². The number of halogens is 1. The number of morpholine rings is 1. The fraction of sp³-hybridized carbons (Fsp3) is 0.800. The Morgan fingerprint density at radius 3 is 2.83 bits per heavy atom. The predicted molar refractivity (Wildman–Crippen MR) is 84.3 cm³/mol. The summed E-state index contributed by atoms with van der Waals surface area (Å²) in [6.45, 7) is 3.05. The van der Waals surface area contributed by atoms with Gasteiger partial charge in [-0.1, -0.05) is 11.3 Å². The van der Waals surface area contributed by atoms with Crippen LogP contribution < -0.4 is 4.90 Å². The predicted octanol–water partition coefficient (Wildman–Crippen LogP) is 1.63. The van der Waals surface area contributed by atoms with Gasteiger partial charge in [0.25, 0.3) is 5.91 Å². The zero-order valence-corrected chi connectivity index (χ0v) is 13.9. The average Bonchev–Trinajstić information content (AvgIpc) is 3.06. The number of alkyl halides is 1. The van der Waals surface area contributed by atoms with Crippen molar-refractivity contribution in [3.63, 3.8) is 0 Å². The fourth-order valence-corrected chi connectivity index (χ4v) is 4.40. The number of amides is 1. The normalized spacial score (nSPS) is 30.3. The van der Waals surface area contributed by atoms with Crippen molar-refractivity contribution in [2.24, 2.45) is 0 Å². The van der Waals surface area contributed by atoms with E-state index in [-0.39, 0.29) is 5.91 Å². The minimum atomic E-state index is -1.62. The molecule has 2 aliphatic heterocycles. The van der Waals surface area contributed by atoms with Crippen LogP contribution in [0.4, 0.5) is 9.52 Å². The van der Waals surface area contributed by atoms with Crippen LogP contribution in [0.5, 0.6) is 0 Å². The van der Waals surface area contributed by atoms with Crippen molar-refractivity contribution >= 4 is 22.4 Å². The van der Waals surface area contributed by atoms with Crippen LogP contribution in [0.2, 0.25) is 0 Å². The van der Waals surface area contributed by atoms with E-state index in [0.717, 1.165) is 30.9 Å². The standard InChI is InChI=1S/C15H21FN4O2S/c16-15(4-1-5-15)12(21)19-7-8-22-14(9-19)3-2-6-20(10-14)13-18-17-11-23-13/h11H,1-10H2. The lowest BCUT2D eigenvalue weighted by Gasteiger charge is -2.49. The molecule has 1 amide bonds. The van der Waals surface area contributed by atoms with Gasteiger partial charge in [-0.15, -0.1) is 10.2 Å². The summed E-state index contributed by atoms with van der Waals surface area (Å²) in [5.41, 5.74) is -0.304. The molecule has 8 heteroatoms. The van der Waals surface area contributed by atoms with Gasteiger partial charge in [0.2, 0.25) is 5.13 Å². The van der Waals surface area contributed by atoms with Crippen molar-refractivity contribution in [2.45, 2.75) is 43.4 Å². The second-order valence-corrected chi connectivity index (χ2v) is 7.64. The lowest BCUT2D eigenvalue weighted by Crippen LogP contribution is -2.63. The second-order valence-electron chi connectivity index (χ2n) is 6.82. The summed E-state index contributed by atoms with van der Waals surface area (Å²) in [6.07, 6.45) is 3.41. The van der Waals surface area contributed by atoms with E-state index in [2.05, 4.69) is 15.1 Å². The van der Waals surface area contributed by atoms with Gasteiger partial charge in [-0.2, -0.15) is 0 Å². The van der Waals surface area contributed by atoms with Gasteiger partial charge in [-0.3, -0.25) is 4.79 Å². The Bertz CT molecular complexity index is 576. The van der Waals surface area contributed by atoms with Crippen LogP contribution in [-0.2, 0) is 9.53 Å². The van der Waals surface area contributed by atoms with E-state index in [0.29, 0.717) is 39.1 Å². The van der Waals surface area contributed by atoms with Gasteiger partial charge in [-0.05, 0) is 32.1 Å². The maximum atomic E-state index is 14.5. The van der Waals surface area contributed by atoms with Crippen molar-refractivity contribution < 1.29 is 13.9 Å². The van der Waals surface area contributed by atoms with Gasteiger partial charge in [-0.25, -0.2) is 4.39 Å². The SMILES string of the molecule is O=C(N1CCOC2(CCCN(c3nncs3)C2)C1)C1(F)CCC1. The van der Waals surface area contributed by atoms with E-state index >= 15 is 0 Å². The van der Waals surface area contributed by atoms with Crippen LogP contribution in [0.3, 0.4) is 0 Å². The molecule has 3 fully saturated rings. The molecule has 1 atom stereocenters. The molecule has 23 heavy (non-hydrogen) atoms. The molecule has 0 radical (unpaired) electrons. The van der Waals surface area contributed by atoms with E-state index < -0.39 is 11.3 Å². The first-order valence-electron chi connectivity index (χ1n) is 8.24. The number of hydrogen-bond acceptors (Lipinski definition) is 6. The Hall–Kier alpha value is -1.28.